The number of anilines is 1. The van der Waals surface area contributed by atoms with Crippen LogP contribution in [0.5, 0.6) is 0 Å². The first-order valence-corrected chi connectivity index (χ1v) is 8.05. The van der Waals surface area contributed by atoms with Crippen LogP contribution in [0.15, 0.2) is 41.1 Å². The molecule has 1 saturated heterocycles. The van der Waals surface area contributed by atoms with Crippen LogP contribution in [0.1, 0.15) is 17.6 Å². The summed E-state index contributed by atoms with van der Waals surface area (Å²) in [6.45, 7) is 5.39. The number of urea groups is 1. The Labute approximate surface area is 141 Å². The SMILES string of the molecule is Cc1ccc(C(CNC(=O)Nc2cccnc2)N2CCOCC2)o1. The van der Waals surface area contributed by atoms with Gasteiger partial charge in [0.05, 0.1) is 31.1 Å². The van der Waals surface area contributed by atoms with Gasteiger partial charge in [-0.3, -0.25) is 9.88 Å². The number of ether oxygens (including phenoxy) is 1. The van der Waals surface area contributed by atoms with Gasteiger partial charge in [-0.1, -0.05) is 0 Å². The maximum atomic E-state index is 12.1. The number of furan rings is 1. The first-order valence-electron chi connectivity index (χ1n) is 8.05. The van der Waals surface area contributed by atoms with Crippen molar-refractivity contribution in [2.75, 3.05) is 38.2 Å². The van der Waals surface area contributed by atoms with Crippen LogP contribution in [0.25, 0.3) is 0 Å². The van der Waals surface area contributed by atoms with Crippen LogP contribution in [0.2, 0.25) is 0 Å². The van der Waals surface area contributed by atoms with Crippen LogP contribution in [-0.4, -0.2) is 48.8 Å². The van der Waals surface area contributed by atoms with Crippen molar-refractivity contribution in [2.24, 2.45) is 0 Å². The van der Waals surface area contributed by atoms with Crippen molar-refractivity contribution in [1.29, 1.82) is 0 Å². The molecule has 1 atom stereocenters. The molecule has 7 heteroatoms. The highest BCUT2D eigenvalue weighted by Gasteiger charge is 2.25. The summed E-state index contributed by atoms with van der Waals surface area (Å²) < 4.78 is 11.2. The zero-order valence-electron chi connectivity index (χ0n) is 13.7. The van der Waals surface area contributed by atoms with Gasteiger partial charge in [0.25, 0.3) is 0 Å². The van der Waals surface area contributed by atoms with E-state index >= 15 is 0 Å². The van der Waals surface area contributed by atoms with Gasteiger partial charge >= 0.3 is 6.03 Å². The highest BCUT2D eigenvalue weighted by Crippen LogP contribution is 2.23. The van der Waals surface area contributed by atoms with Crippen LogP contribution >= 0.6 is 0 Å². The van der Waals surface area contributed by atoms with Crippen molar-refractivity contribution in [1.82, 2.24) is 15.2 Å². The molecule has 0 aromatic carbocycles. The number of hydrogen-bond acceptors (Lipinski definition) is 5. The maximum Gasteiger partial charge on any atom is 0.319 e. The number of nitrogens with one attached hydrogen (secondary N) is 2. The van der Waals surface area contributed by atoms with Crippen LogP contribution in [-0.2, 0) is 4.74 Å². The molecule has 2 aromatic heterocycles. The number of carbonyl (C=O) groups excluding carboxylic acids is 1. The molecule has 1 unspecified atom stereocenters. The third-order valence-electron chi connectivity index (χ3n) is 3.95. The molecule has 0 spiro atoms. The summed E-state index contributed by atoms with van der Waals surface area (Å²) in [4.78, 5) is 18.4. The van der Waals surface area contributed by atoms with Gasteiger partial charge in [-0.05, 0) is 31.2 Å². The second-order valence-electron chi connectivity index (χ2n) is 5.69. The second kappa shape index (κ2) is 7.94. The van der Waals surface area contributed by atoms with Gasteiger partial charge in [0.15, 0.2) is 0 Å². The van der Waals surface area contributed by atoms with Crippen molar-refractivity contribution in [2.45, 2.75) is 13.0 Å². The van der Waals surface area contributed by atoms with Gasteiger partial charge in [-0.2, -0.15) is 0 Å². The zero-order chi connectivity index (χ0) is 16.8. The van der Waals surface area contributed by atoms with E-state index in [0.717, 1.165) is 24.6 Å². The maximum absolute atomic E-state index is 12.1. The van der Waals surface area contributed by atoms with Crippen LogP contribution in [0.4, 0.5) is 10.5 Å². The van der Waals surface area contributed by atoms with E-state index in [4.69, 9.17) is 9.15 Å². The third kappa shape index (κ3) is 4.33. The summed E-state index contributed by atoms with van der Waals surface area (Å²) >= 11 is 0. The molecule has 0 saturated carbocycles. The first kappa shape index (κ1) is 16.5. The van der Waals surface area contributed by atoms with Crippen LogP contribution < -0.4 is 10.6 Å². The molecule has 1 aliphatic rings. The summed E-state index contributed by atoms with van der Waals surface area (Å²) in [5.41, 5.74) is 0.659. The highest BCUT2D eigenvalue weighted by atomic mass is 16.5. The van der Waals surface area contributed by atoms with E-state index in [0.29, 0.717) is 25.4 Å². The lowest BCUT2D eigenvalue weighted by Crippen LogP contribution is -2.44. The van der Waals surface area contributed by atoms with E-state index in [1.54, 1.807) is 24.5 Å². The molecule has 24 heavy (non-hydrogen) atoms. The fourth-order valence-corrected chi connectivity index (χ4v) is 2.73. The number of rotatable bonds is 5. The van der Waals surface area contributed by atoms with Crippen molar-refractivity contribution >= 4 is 11.7 Å². The Kier molecular flexibility index (Phi) is 5.45. The summed E-state index contributed by atoms with van der Waals surface area (Å²) in [5.74, 6) is 1.72. The Morgan fingerprint density at radius 1 is 1.33 bits per heavy atom. The average Bonchev–Trinajstić information content (AvgIpc) is 3.03. The second-order valence-corrected chi connectivity index (χ2v) is 5.69. The monoisotopic (exact) mass is 330 g/mol. The number of aromatic nitrogens is 1. The quantitative estimate of drug-likeness (QED) is 0.878. The number of aryl methyl sites for hydroxylation is 1. The average molecular weight is 330 g/mol. The third-order valence-corrected chi connectivity index (χ3v) is 3.95. The molecule has 2 aromatic rings. The first-order chi connectivity index (χ1) is 11.7. The number of pyridine rings is 1. The number of amides is 2. The molecule has 2 N–H and O–H groups in total. The van der Waals surface area contributed by atoms with Gasteiger partial charge in [-0.15, -0.1) is 0 Å². The molecular formula is C17H22N4O3. The molecule has 0 radical (unpaired) electrons. The van der Waals surface area contributed by atoms with Gasteiger partial charge in [-0.25, -0.2) is 4.79 Å². The van der Waals surface area contributed by atoms with Crippen LogP contribution in [0.3, 0.4) is 0 Å². The number of carbonyl (C=O) groups is 1. The standard InChI is InChI=1S/C17H22N4O3/c1-13-4-5-16(24-13)15(21-7-9-23-10-8-21)12-19-17(22)20-14-3-2-6-18-11-14/h2-6,11,15H,7-10,12H2,1H3,(H2,19,20,22). The topological polar surface area (TPSA) is 79.6 Å². The molecule has 1 fully saturated rings. The summed E-state index contributed by atoms with van der Waals surface area (Å²) in [5, 5.41) is 5.69. The highest BCUT2D eigenvalue weighted by molar-refractivity contribution is 5.88. The lowest BCUT2D eigenvalue weighted by atomic mass is 10.1. The van der Waals surface area contributed by atoms with E-state index in [-0.39, 0.29) is 12.1 Å². The van der Waals surface area contributed by atoms with Gasteiger partial charge in [0, 0.05) is 25.8 Å². The van der Waals surface area contributed by atoms with Crippen molar-refractivity contribution in [3.8, 4) is 0 Å². The molecule has 2 amide bonds. The zero-order valence-corrected chi connectivity index (χ0v) is 13.7. The van der Waals surface area contributed by atoms with E-state index in [2.05, 4.69) is 20.5 Å². The number of nitrogens with zero attached hydrogens (tertiary/aromatic N) is 2. The number of morpholine rings is 1. The minimum Gasteiger partial charge on any atom is -0.465 e. The van der Waals surface area contributed by atoms with Gasteiger partial charge in [0.1, 0.15) is 11.5 Å². The van der Waals surface area contributed by atoms with Crippen LogP contribution in [0, 0.1) is 6.92 Å². The predicted octanol–water partition coefficient (Wildman–Crippen LogP) is 2.18. The largest absolute Gasteiger partial charge is 0.465 e. The molecule has 3 rings (SSSR count). The summed E-state index contributed by atoms with van der Waals surface area (Å²) in [6.07, 6.45) is 3.27. The smallest absolute Gasteiger partial charge is 0.319 e. The van der Waals surface area contributed by atoms with Crippen molar-refractivity contribution in [3.63, 3.8) is 0 Å². The fraction of sp³-hybridized carbons (Fsp3) is 0.412. The Balaban J connectivity index is 1.62. The summed E-state index contributed by atoms with van der Waals surface area (Å²) in [7, 11) is 0. The van der Waals surface area contributed by atoms with E-state index in [1.807, 2.05) is 19.1 Å². The molecule has 128 valence electrons. The Bertz CT molecular complexity index is 653. The van der Waals surface area contributed by atoms with Gasteiger partial charge < -0.3 is 19.8 Å². The minimum absolute atomic E-state index is 0.0118. The van der Waals surface area contributed by atoms with E-state index in [9.17, 15) is 4.79 Å². The lowest BCUT2D eigenvalue weighted by Gasteiger charge is -2.33. The molecule has 3 heterocycles. The van der Waals surface area contributed by atoms with Crippen molar-refractivity contribution in [3.05, 3.63) is 48.2 Å². The molecule has 7 nitrogen and oxygen atoms in total. The molecule has 0 bridgehead atoms. The van der Waals surface area contributed by atoms with E-state index < -0.39 is 0 Å². The molecule has 1 aliphatic heterocycles. The normalized spacial score (nSPS) is 16.5. The van der Waals surface area contributed by atoms with E-state index in [1.165, 1.54) is 0 Å². The predicted molar refractivity (Wildman–Crippen MR) is 89.8 cm³/mol. The Morgan fingerprint density at radius 3 is 2.83 bits per heavy atom. The fourth-order valence-electron chi connectivity index (χ4n) is 2.73. The number of hydrogen-bond donors (Lipinski definition) is 2. The Morgan fingerprint density at radius 2 is 2.17 bits per heavy atom. The minimum atomic E-state index is -0.260. The molecule has 0 aliphatic carbocycles. The Hall–Kier alpha value is -2.38. The molecular weight excluding hydrogens is 308 g/mol. The van der Waals surface area contributed by atoms with Gasteiger partial charge in [0.2, 0.25) is 0 Å². The van der Waals surface area contributed by atoms with Crippen molar-refractivity contribution < 1.29 is 13.9 Å². The summed E-state index contributed by atoms with van der Waals surface area (Å²) in [6, 6.07) is 7.21. The lowest BCUT2D eigenvalue weighted by molar-refractivity contribution is 0.0122.